The van der Waals surface area contributed by atoms with E-state index in [4.69, 9.17) is 9.47 Å². The molecule has 0 spiro atoms. The molecule has 4 heteroatoms. The smallest absolute Gasteiger partial charge is 0.191 e. The normalized spacial score (nSPS) is 31.5. The summed E-state index contributed by atoms with van der Waals surface area (Å²) in [7, 11) is 0. The van der Waals surface area contributed by atoms with Crippen molar-refractivity contribution >= 4 is 12.1 Å². The molecule has 3 rings (SSSR count). The van der Waals surface area contributed by atoms with Crippen LogP contribution in [0, 0.1) is 23.7 Å². The maximum Gasteiger partial charge on any atom is 0.191 e. The Morgan fingerprint density at radius 3 is 2.50 bits per heavy atom. The van der Waals surface area contributed by atoms with E-state index >= 15 is 0 Å². The summed E-state index contributed by atoms with van der Waals surface area (Å²) in [6.45, 7) is 5.13. The molecule has 0 N–H and O–H groups in total. The van der Waals surface area contributed by atoms with Crippen molar-refractivity contribution in [2.75, 3.05) is 13.2 Å². The lowest BCUT2D eigenvalue weighted by atomic mass is 9.72. The number of allylic oxidation sites excluding steroid dienone is 2. The molecule has 1 saturated carbocycles. The zero-order chi connectivity index (χ0) is 17.2. The van der Waals surface area contributed by atoms with Crippen LogP contribution in [0.1, 0.15) is 46.0 Å². The van der Waals surface area contributed by atoms with Crippen LogP contribution in [-0.4, -0.2) is 31.1 Å². The van der Waals surface area contributed by atoms with Gasteiger partial charge in [0, 0.05) is 11.5 Å². The van der Waals surface area contributed by atoms with Crippen LogP contribution in [-0.2, 0) is 19.1 Å². The Morgan fingerprint density at radius 2 is 1.92 bits per heavy atom. The summed E-state index contributed by atoms with van der Waals surface area (Å²) in [5, 5.41) is 0. The Labute approximate surface area is 144 Å². The molecule has 3 aliphatic rings. The molecule has 3 atom stereocenters. The quantitative estimate of drug-likeness (QED) is 0.571. The number of ketones is 1. The molecule has 1 aliphatic heterocycles. The monoisotopic (exact) mass is 332 g/mol. The lowest BCUT2D eigenvalue weighted by Gasteiger charge is -2.32. The van der Waals surface area contributed by atoms with Crippen LogP contribution < -0.4 is 0 Å². The van der Waals surface area contributed by atoms with E-state index in [0.29, 0.717) is 13.2 Å². The highest BCUT2D eigenvalue weighted by Crippen LogP contribution is 2.37. The van der Waals surface area contributed by atoms with Crippen LogP contribution >= 0.6 is 0 Å². The molecule has 0 aromatic heterocycles. The predicted octanol–water partition coefficient (Wildman–Crippen LogP) is 3.46. The van der Waals surface area contributed by atoms with Crippen LogP contribution in [0.4, 0.5) is 0 Å². The van der Waals surface area contributed by atoms with Gasteiger partial charge in [0.05, 0.1) is 19.1 Å². The average molecular weight is 332 g/mol. The van der Waals surface area contributed by atoms with Crippen molar-refractivity contribution in [2.45, 2.75) is 51.7 Å². The van der Waals surface area contributed by atoms with Crippen LogP contribution in [0.25, 0.3) is 0 Å². The van der Waals surface area contributed by atoms with E-state index in [1.165, 1.54) is 6.42 Å². The highest BCUT2D eigenvalue weighted by atomic mass is 16.7. The molecule has 0 amide bonds. The summed E-state index contributed by atoms with van der Waals surface area (Å²) in [6.07, 6.45) is 12.3. The minimum atomic E-state index is -0.702. The van der Waals surface area contributed by atoms with Crippen molar-refractivity contribution in [1.29, 1.82) is 0 Å². The zero-order valence-corrected chi connectivity index (χ0v) is 14.7. The van der Waals surface area contributed by atoms with Gasteiger partial charge < -0.3 is 14.3 Å². The Morgan fingerprint density at radius 1 is 1.25 bits per heavy atom. The lowest BCUT2D eigenvalue weighted by molar-refractivity contribution is -0.133. The summed E-state index contributed by atoms with van der Waals surface area (Å²) in [5.41, 5.74) is 0.969. The van der Waals surface area contributed by atoms with Crippen molar-refractivity contribution < 1.29 is 19.1 Å². The molecule has 1 heterocycles. The Balaban J connectivity index is 1.71. The minimum Gasteiger partial charge on any atom is -0.344 e. The van der Waals surface area contributed by atoms with E-state index in [1.54, 1.807) is 0 Å². The van der Waals surface area contributed by atoms with Crippen molar-refractivity contribution in [2.24, 2.45) is 23.7 Å². The summed E-state index contributed by atoms with van der Waals surface area (Å²) >= 11 is 0. The molecule has 0 bridgehead atoms. The largest absolute Gasteiger partial charge is 0.344 e. The molecule has 4 nitrogen and oxygen atoms in total. The molecule has 0 aromatic rings. The maximum absolute atomic E-state index is 13.0. The van der Waals surface area contributed by atoms with Gasteiger partial charge in [-0.2, -0.15) is 0 Å². The fraction of sp³-hybridized carbons (Fsp3) is 0.700. The third kappa shape index (κ3) is 3.40. The van der Waals surface area contributed by atoms with E-state index < -0.39 is 11.7 Å². The summed E-state index contributed by atoms with van der Waals surface area (Å²) in [6, 6.07) is 0. The molecule has 0 radical (unpaired) electrons. The molecular weight excluding hydrogens is 304 g/mol. The second-order valence-corrected chi connectivity index (χ2v) is 7.47. The first kappa shape index (κ1) is 17.6. The maximum atomic E-state index is 13.0. The van der Waals surface area contributed by atoms with Crippen LogP contribution in [0.15, 0.2) is 23.8 Å². The lowest BCUT2D eigenvalue weighted by Crippen LogP contribution is -2.36. The fourth-order valence-electron chi connectivity index (χ4n) is 4.29. The van der Waals surface area contributed by atoms with Gasteiger partial charge in [-0.3, -0.25) is 4.79 Å². The molecule has 2 aliphatic carbocycles. The molecule has 24 heavy (non-hydrogen) atoms. The number of carbonyl (C=O) groups is 2. The summed E-state index contributed by atoms with van der Waals surface area (Å²) in [4.78, 5) is 24.6. The number of aldehydes is 1. The topological polar surface area (TPSA) is 52.6 Å². The second-order valence-electron chi connectivity index (χ2n) is 7.47. The number of hydrogen-bond acceptors (Lipinski definition) is 4. The van der Waals surface area contributed by atoms with Crippen LogP contribution in [0.2, 0.25) is 0 Å². The van der Waals surface area contributed by atoms with E-state index in [-0.39, 0.29) is 23.5 Å². The molecule has 132 valence electrons. The van der Waals surface area contributed by atoms with Gasteiger partial charge in [0.25, 0.3) is 0 Å². The standard InChI is InChI=1S/C20H28O4/c1-14-12-16(20(2)23-10-11-24-20)8-9-17(14)19(22)18(13-21)15-6-4-3-5-7-15/h8-9,12-15,17-18H,3-7,10-11H2,1-2H3. The molecule has 0 aromatic carbocycles. The van der Waals surface area contributed by atoms with Gasteiger partial charge in [-0.15, -0.1) is 0 Å². The SMILES string of the molecule is CC1C=C(C2(C)OCCO2)C=CC1C(=O)C(C=O)C1CCCCC1. The number of hydrogen-bond donors (Lipinski definition) is 0. The average Bonchev–Trinajstić information content (AvgIpc) is 3.04. The second kappa shape index (κ2) is 7.32. The highest BCUT2D eigenvalue weighted by Gasteiger charge is 2.39. The summed E-state index contributed by atoms with van der Waals surface area (Å²) < 4.78 is 11.4. The molecule has 1 saturated heterocycles. The van der Waals surface area contributed by atoms with Gasteiger partial charge >= 0.3 is 0 Å². The van der Waals surface area contributed by atoms with Gasteiger partial charge in [-0.1, -0.05) is 44.4 Å². The van der Waals surface area contributed by atoms with Crippen molar-refractivity contribution in [1.82, 2.24) is 0 Å². The first-order valence-corrected chi connectivity index (χ1v) is 9.22. The van der Waals surface area contributed by atoms with Gasteiger partial charge in [0.15, 0.2) is 11.6 Å². The number of ether oxygens (including phenoxy) is 2. The highest BCUT2D eigenvalue weighted by molar-refractivity contribution is 5.96. The van der Waals surface area contributed by atoms with Gasteiger partial charge in [0.1, 0.15) is 6.29 Å². The van der Waals surface area contributed by atoms with Gasteiger partial charge in [0.2, 0.25) is 0 Å². The van der Waals surface area contributed by atoms with E-state index in [9.17, 15) is 9.59 Å². The first-order chi connectivity index (χ1) is 11.5. The minimum absolute atomic E-state index is 0.0492. The van der Waals surface area contributed by atoms with Crippen LogP contribution in [0.5, 0.6) is 0 Å². The zero-order valence-electron chi connectivity index (χ0n) is 14.7. The fourth-order valence-corrected chi connectivity index (χ4v) is 4.29. The van der Waals surface area contributed by atoms with E-state index in [1.807, 2.05) is 26.0 Å². The Kier molecular flexibility index (Phi) is 5.36. The number of carbonyl (C=O) groups excluding carboxylic acids is 2. The molecular formula is C20H28O4. The number of rotatable bonds is 5. The van der Waals surface area contributed by atoms with Crippen molar-refractivity contribution in [3.05, 3.63) is 23.8 Å². The third-order valence-electron chi connectivity index (χ3n) is 5.82. The van der Waals surface area contributed by atoms with Gasteiger partial charge in [-0.25, -0.2) is 0 Å². The Bertz CT molecular complexity index is 536. The van der Waals surface area contributed by atoms with Crippen LogP contribution in [0.3, 0.4) is 0 Å². The van der Waals surface area contributed by atoms with Gasteiger partial charge in [-0.05, 0) is 31.6 Å². The van der Waals surface area contributed by atoms with E-state index in [0.717, 1.165) is 37.5 Å². The predicted molar refractivity (Wildman–Crippen MR) is 91.3 cm³/mol. The molecule has 2 fully saturated rings. The summed E-state index contributed by atoms with van der Waals surface area (Å²) in [5.74, 6) is -1.02. The number of Topliss-reactive ketones (excluding diaryl/α,β-unsaturated/α-hetero) is 1. The third-order valence-corrected chi connectivity index (χ3v) is 5.82. The molecule has 3 unspecified atom stereocenters. The van der Waals surface area contributed by atoms with Crippen molar-refractivity contribution in [3.8, 4) is 0 Å². The Hall–Kier alpha value is -1.26. The first-order valence-electron chi connectivity index (χ1n) is 9.22. The van der Waals surface area contributed by atoms with E-state index in [2.05, 4.69) is 6.08 Å². The van der Waals surface area contributed by atoms with Crippen molar-refractivity contribution in [3.63, 3.8) is 0 Å².